The zero-order chi connectivity index (χ0) is 18.6. The Hall–Kier alpha value is -1.22. The number of rotatable bonds is 14. The molecule has 0 unspecified atom stereocenters. The lowest BCUT2D eigenvalue weighted by Crippen LogP contribution is -1.86. The smallest absolute Gasteiger partial charge is 0.0431 e. The molecule has 0 heterocycles. The Labute approximate surface area is 156 Å². The molecule has 25 heavy (non-hydrogen) atoms. The molecule has 0 saturated carbocycles. The molecule has 0 bridgehead atoms. The molecule has 0 radical (unpaired) electrons. The standard InChI is InChI=1S/C16H34O.C6H8N2/c1-2-3-4-5-6-7-8-9-10-11-12-13-14-15-16-17;7-5-1-2-6(8)4-3-5/h17H,2-16H2,1H3;1-4H,7-8H2. The first-order valence-corrected chi connectivity index (χ1v) is 10.4. The highest BCUT2D eigenvalue weighted by molar-refractivity contribution is 5.47. The Morgan fingerprint density at radius 1 is 0.560 bits per heavy atom. The molecule has 3 nitrogen and oxygen atoms in total. The van der Waals surface area contributed by atoms with Crippen molar-refractivity contribution in [3.8, 4) is 0 Å². The van der Waals surface area contributed by atoms with Gasteiger partial charge in [0.25, 0.3) is 0 Å². The van der Waals surface area contributed by atoms with Crippen molar-refractivity contribution in [3.63, 3.8) is 0 Å². The summed E-state index contributed by atoms with van der Waals surface area (Å²) >= 11 is 0. The topological polar surface area (TPSA) is 72.3 Å². The molecule has 1 aromatic carbocycles. The molecule has 0 spiro atoms. The van der Waals surface area contributed by atoms with Crippen molar-refractivity contribution in [2.45, 2.75) is 96.8 Å². The maximum Gasteiger partial charge on any atom is 0.0431 e. The fourth-order valence-corrected chi connectivity index (χ4v) is 2.80. The van der Waals surface area contributed by atoms with Crippen LogP contribution < -0.4 is 11.5 Å². The summed E-state index contributed by atoms with van der Waals surface area (Å²) in [5.41, 5.74) is 12.2. The van der Waals surface area contributed by atoms with Gasteiger partial charge in [-0.05, 0) is 30.7 Å². The lowest BCUT2D eigenvalue weighted by atomic mass is 10.0. The van der Waals surface area contributed by atoms with Gasteiger partial charge < -0.3 is 16.6 Å². The van der Waals surface area contributed by atoms with Crippen LogP contribution in [0, 0.1) is 0 Å². The molecule has 0 aliphatic heterocycles. The lowest BCUT2D eigenvalue weighted by molar-refractivity contribution is 0.282. The van der Waals surface area contributed by atoms with Gasteiger partial charge in [0.05, 0.1) is 0 Å². The SMILES string of the molecule is CCCCCCCCCCCCCCCCO.Nc1ccc(N)cc1. The van der Waals surface area contributed by atoms with Crippen LogP contribution in [0.2, 0.25) is 0 Å². The van der Waals surface area contributed by atoms with Crippen LogP contribution in [-0.4, -0.2) is 11.7 Å². The largest absolute Gasteiger partial charge is 0.399 e. The van der Waals surface area contributed by atoms with Gasteiger partial charge in [-0.15, -0.1) is 0 Å². The molecule has 0 fully saturated rings. The number of nitrogens with two attached hydrogens (primary N) is 2. The van der Waals surface area contributed by atoms with Gasteiger partial charge in [0.2, 0.25) is 0 Å². The monoisotopic (exact) mass is 350 g/mol. The van der Waals surface area contributed by atoms with E-state index in [-0.39, 0.29) is 0 Å². The van der Waals surface area contributed by atoms with Crippen LogP contribution in [0.1, 0.15) is 96.8 Å². The number of anilines is 2. The molecule has 1 aromatic rings. The summed E-state index contributed by atoms with van der Waals surface area (Å²) in [5, 5.41) is 8.64. The summed E-state index contributed by atoms with van der Waals surface area (Å²) in [6, 6.07) is 7.09. The van der Waals surface area contributed by atoms with Gasteiger partial charge in [-0.3, -0.25) is 0 Å². The predicted octanol–water partition coefficient (Wildman–Crippen LogP) is 6.31. The van der Waals surface area contributed by atoms with Crippen LogP contribution in [0.5, 0.6) is 0 Å². The third-order valence-corrected chi connectivity index (χ3v) is 4.45. The molecule has 1 rings (SSSR count). The van der Waals surface area contributed by atoms with E-state index >= 15 is 0 Å². The highest BCUT2D eigenvalue weighted by atomic mass is 16.2. The Balaban J connectivity index is 0.000000593. The molecule has 146 valence electrons. The lowest BCUT2D eigenvalue weighted by Gasteiger charge is -2.02. The maximum absolute atomic E-state index is 8.64. The van der Waals surface area contributed by atoms with Crippen molar-refractivity contribution < 1.29 is 5.11 Å². The van der Waals surface area contributed by atoms with Crippen molar-refractivity contribution >= 4 is 11.4 Å². The number of aliphatic hydroxyl groups is 1. The minimum Gasteiger partial charge on any atom is -0.399 e. The van der Waals surface area contributed by atoms with Gasteiger partial charge in [-0.1, -0.05) is 90.4 Å². The van der Waals surface area contributed by atoms with Crippen molar-refractivity contribution in [2.75, 3.05) is 18.1 Å². The van der Waals surface area contributed by atoms with Crippen molar-refractivity contribution in [2.24, 2.45) is 0 Å². The summed E-state index contributed by atoms with van der Waals surface area (Å²) in [6.45, 7) is 2.65. The van der Waals surface area contributed by atoms with E-state index in [9.17, 15) is 0 Å². The quantitative estimate of drug-likeness (QED) is 0.272. The molecule has 0 aromatic heterocycles. The summed E-state index contributed by atoms with van der Waals surface area (Å²) in [5.74, 6) is 0. The highest BCUT2D eigenvalue weighted by Crippen LogP contribution is 2.12. The summed E-state index contributed by atoms with van der Waals surface area (Å²) in [4.78, 5) is 0. The van der Waals surface area contributed by atoms with Crippen LogP contribution in [0.3, 0.4) is 0 Å². The molecule has 0 amide bonds. The minimum absolute atomic E-state index is 0.373. The van der Waals surface area contributed by atoms with Crippen molar-refractivity contribution in [3.05, 3.63) is 24.3 Å². The second kappa shape index (κ2) is 19.1. The second-order valence-corrected chi connectivity index (χ2v) is 6.99. The fourth-order valence-electron chi connectivity index (χ4n) is 2.80. The maximum atomic E-state index is 8.64. The van der Waals surface area contributed by atoms with E-state index in [1.54, 1.807) is 24.3 Å². The average molecular weight is 351 g/mol. The van der Waals surface area contributed by atoms with Gasteiger partial charge in [0.15, 0.2) is 0 Å². The van der Waals surface area contributed by atoms with Gasteiger partial charge in [-0.2, -0.15) is 0 Å². The van der Waals surface area contributed by atoms with Crippen LogP contribution in [-0.2, 0) is 0 Å². The van der Waals surface area contributed by atoms with E-state index in [4.69, 9.17) is 16.6 Å². The number of unbranched alkanes of at least 4 members (excludes halogenated alkanes) is 13. The third kappa shape index (κ3) is 19.0. The molecule has 0 aliphatic rings. The fraction of sp³-hybridized carbons (Fsp3) is 0.727. The summed E-state index contributed by atoms with van der Waals surface area (Å²) < 4.78 is 0. The molecule has 0 saturated heterocycles. The Kier molecular flexibility index (Phi) is 18.2. The molecule has 3 heteroatoms. The van der Waals surface area contributed by atoms with E-state index in [2.05, 4.69) is 6.92 Å². The van der Waals surface area contributed by atoms with Gasteiger partial charge in [-0.25, -0.2) is 0 Å². The molecular weight excluding hydrogens is 308 g/mol. The number of aliphatic hydroxyl groups excluding tert-OH is 1. The van der Waals surface area contributed by atoms with E-state index in [1.807, 2.05) is 0 Å². The number of benzene rings is 1. The number of hydrogen-bond acceptors (Lipinski definition) is 3. The summed E-state index contributed by atoms with van der Waals surface area (Å²) in [6.07, 6.45) is 19.2. The second-order valence-electron chi connectivity index (χ2n) is 6.99. The number of hydrogen-bond donors (Lipinski definition) is 3. The Bertz CT molecular complexity index is 330. The van der Waals surface area contributed by atoms with Gasteiger partial charge in [0, 0.05) is 18.0 Å². The highest BCUT2D eigenvalue weighted by Gasteiger charge is 1.93. The molecule has 5 N–H and O–H groups in total. The number of nitrogen functional groups attached to an aromatic ring is 2. The first-order valence-electron chi connectivity index (χ1n) is 10.4. The molecular formula is C22H42N2O. The van der Waals surface area contributed by atoms with Crippen LogP contribution in [0.15, 0.2) is 24.3 Å². The zero-order valence-corrected chi connectivity index (χ0v) is 16.5. The first-order chi connectivity index (χ1) is 12.2. The zero-order valence-electron chi connectivity index (χ0n) is 16.5. The predicted molar refractivity (Wildman–Crippen MR) is 113 cm³/mol. The Morgan fingerprint density at radius 2 is 0.840 bits per heavy atom. The van der Waals surface area contributed by atoms with Crippen molar-refractivity contribution in [1.82, 2.24) is 0 Å². The van der Waals surface area contributed by atoms with Crippen LogP contribution >= 0.6 is 0 Å². The first kappa shape index (κ1) is 23.8. The summed E-state index contributed by atoms with van der Waals surface area (Å²) in [7, 11) is 0. The van der Waals surface area contributed by atoms with Gasteiger partial charge >= 0.3 is 0 Å². The normalized spacial score (nSPS) is 10.3. The van der Waals surface area contributed by atoms with Crippen LogP contribution in [0.4, 0.5) is 11.4 Å². The van der Waals surface area contributed by atoms with E-state index in [0.717, 1.165) is 17.8 Å². The average Bonchev–Trinajstić information content (AvgIpc) is 2.62. The van der Waals surface area contributed by atoms with E-state index in [1.165, 1.54) is 83.5 Å². The Morgan fingerprint density at radius 3 is 1.12 bits per heavy atom. The van der Waals surface area contributed by atoms with E-state index in [0.29, 0.717) is 6.61 Å². The van der Waals surface area contributed by atoms with E-state index < -0.39 is 0 Å². The molecule has 0 aliphatic carbocycles. The van der Waals surface area contributed by atoms with Crippen LogP contribution in [0.25, 0.3) is 0 Å². The van der Waals surface area contributed by atoms with Crippen molar-refractivity contribution in [1.29, 1.82) is 0 Å². The third-order valence-electron chi connectivity index (χ3n) is 4.45. The van der Waals surface area contributed by atoms with Gasteiger partial charge in [0.1, 0.15) is 0 Å². The minimum atomic E-state index is 0.373. The molecule has 0 atom stereocenters.